The van der Waals surface area contributed by atoms with Crippen molar-refractivity contribution in [1.82, 2.24) is 4.90 Å². The van der Waals surface area contributed by atoms with Gasteiger partial charge in [0.15, 0.2) is 0 Å². The second-order valence-electron chi connectivity index (χ2n) is 8.62. The van der Waals surface area contributed by atoms with Gasteiger partial charge in [0.2, 0.25) is 0 Å². The summed E-state index contributed by atoms with van der Waals surface area (Å²) in [7, 11) is 0. The van der Waals surface area contributed by atoms with Gasteiger partial charge < -0.3 is 11.1 Å². The normalized spacial score (nSPS) is 16.3. The van der Waals surface area contributed by atoms with Crippen LogP contribution in [0.3, 0.4) is 0 Å². The van der Waals surface area contributed by atoms with Gasteiger partial charge in [-0.05, 0) is 83.2 Å². The average Bonchev–Trinajstić information content (AvgIpc) is 2.81. The van der Waals surface area contributed by atoms with E-state index >= 15 is 0 Å². The number of rotatable bonds is 6. The fourth-order valence-electron chi connectivity index (χ4n) is 4.92. The third-order valence-electron chi connectivity index (χ3n) is 6.61. The van der Waals surface area contributed by atoms with Crippen LogP contribution in [0.5, 0.6) is 0 Å². The zero-order valence-electron chi connectivity index (χ0n) is 17.6. The maximum atomic E-state index is 6.39. The quantitative estimate of drug-likeness (QED) is 0.305. The first kappa shape index (κ1) is 19.3. The molecule has 4 aromatic rings. The summed E-state index contributed by atoms with van der Waals surface area (Å²) in [5.41, 5.74) is 7.58. The van der Waals surface area contributed by atoms with Crippen LogP contribution in [0.25, 0.3) is 32.3 Å². The number of hydrogen-bond acceptors (Lipinski definition) is 3. The minimum Gasteiger partial charge on any atom is -0.385 e. The summed E-state index contributed by atoms with van der Waals surface area (Å²) in [5, 5.41) is 11.5. The van der Waals surface area contributed by atoms with E-state index in [1.54, 1.807) is 0 Å². The molecule has 0 radical (unpaired) electrons. The maximum absolute atomic E-state index is 6.39. The molecular weight excluding hydrogens is 366 g/mol. The van der Waals surface area contributed by atoms with Gasteiger partial charge in [0, 0.05) is 12.2 Å². The SMILES string of the molecule is NC(CCCNc1ccc2c(ccc3c4ccccc4ccc23)c1)N1CCCCC1. The van der Waals surface area contributed by atoms with Crippen LogP contribution >= 0.6 is 0 Å². The number of anilines is 1. The van der Waals surface area contributed by atoms with Gasteiger partial charge in [-0.25, -0.2) is 0 Å². The van der Waals surface area contributed by atoms with Crippen molar-refractivity contribution in [1.29, 1.82) is 0 Å². The molecule has 0 aromatic heterocycles. The van der Waals surface area contributed by atoms with Gasteiger partial charge in [0.05, 0.1) is 6.17 Å². The molecule has 3 nitrogen and oxygen atoms in total. The minimum absolute atomic E-state index is 0.213. The van der Waals surface area contributed by atoms with E-state index in [0.29, 0.717) is 0 Å². The fraction of sp³-hybridized carbons (Fsp3) is 0.333. The topological polar surface area (TPSA) is 41.3 Å². The summed E-state index contributed by atoms with van der Waals surface area (Å²) in [6.45, 7) is 3.30. The third kappa shape index (κ3) is 3.88. The van der Waals surface area contributed by atoms with Crippen LogP contribution in [0.1, 0.15) is 32.1 Å². The minimum atomic E-state index is 0.213. The smallest absolute Gasteiger partial charge is 0.0572 e. The van der Waals surface area contributed by atoms with Crippen molar-refractivity contribution in [2.45, 2.75) is 38.3 Å². The lowest BCUT2D eigenvalue weighted by molar-refractivity contribution is 0.157. The highest BCUT2D eigenvalue weighted by Crippen LogP contribution is 2.32. The highest BCUT2D eigenvalue weighted by Gasteiger charge is 2.16. The third-order valence-corrected chi connectivity index (χ3v) is 6.61. The molecule has 1 heterocycles. The Morgan fingerprint density at radius 3 is 2.30 bits per heavy atom. The lowest BCUT2D eigenvalue weighted by atomic mass is 9.97. The zero-order valence-corrected chi connectivity index (χ0v) is 17.6. The first-order chi connectivity index (χ1) is 14.8. The lowest BCUT2D eigenvalue weighted by Gasteiger charge is -2.32. The van der Waals surface area contributed by atoms with E-state index in [4.69, 9.17) is 5.73 Å². The van der Waals surface area contributed by atoms with Crippen molar-refractivity contribution >= 4 is 38.0 Å². The van der Waals surface area contributed by atoms with Crippen LogP contribution in [0.15, 0.2) is 66.7 Å². The monoisotopic (exact) mass is 397 g/mol. The molecule has 4 aromatic carbocycles. The van der Waals surface area contributed by atoms with E-state index in [2.05, 4.69) is 76.9 Å². The summed E-state index contributed by atoms with van der Waals surface area (Å²) in [6, 6.07) is 24.4. The standard InChI is InChI=1S/C27H31N3/c28-27(30-17-4-1-5-18-30)9-6-16-29-22-12-15-24-21(19-22)11-14-25-23-8-3-2-7-20(23)10-13-26(24)25/h2-3,7-8,10-15,19,27,29H,1,4-6,9,16-18,28H2. The first-order valence-corrected chi connectivity index (χ1v) is 11.4. The molecule has 30 heavy (non-hydrogen) atoms. The van der Waals surface area contributed by atoms with Crippen molar-refractivity contribution < 1.29 is 0 Å². The molecule has 5 rings (SSSR count). The molecule has 0 spiro atoms. The predicted octanol–water partition coefficient (Wildman–Crippen LogP) is 6.11. The molecule has 1 atom stereocenters. The largest absolute Gasteiger partial charge is 0.385 e. The Bertz CT molecular complexity index is 1160. The number of hydrogen-bond donors (Lipinski definition) is 2. The number of nitrogens with two attached hydrogens (primary N) is 1. The van der Waals surface area contributed by atoms with Gasteiger partial charge in [0.25, 0.3) is 0 Å². The molecule has 1 aliphatic rings. The van der Waals surface area contributed by atoms with Crippen LogP contribution in [0.4, 0.5) is 5.69 Å². The molecule has 3 N–H and O–H groups in total. The summed E-state index contributed by atoms with van der Waals surface area (Å²) in [5.74, 6) is 0. The summed E-state index contributed by atoms with van der Waals surface area (Å²) < 4.78 is 0. The molecule has 0 saturated carbocycles. The molecule has 154 valence electrons. The van der Waals surface area contributed by atoms with Gasteiger partial charge in [-0.15, -0.1) is 0 Å². The van der Waals surface area contributed by atoms with E-state index in [0.717, 1.165) is 19.4 Å². The number of piperidine rings is 1. The van der Waals surface area contributed by atoms with Gasteiger partial charge in [-0.3, -0.25) is 4.90 Å². The van der Waals surface area contributed by atoms with Crippen LogP contribution in [-0.2, 0) is 0 Å². The van der Waals surface area contributed by atoms with Crippen LogP contribution in [0, 0.1) is 0 Å². The van der Waals surface area contributed by atoms with Crippen LogP contribution in [0.2, 0.25) is 0 Å². The second-order valence-corrected chi connectivity index (χ2v) is 8.62. The molecule has 1 fully saturated rings. The van der Waals surface area contributed by atoms with Gasteiger partial charge >= 0.3 is 0 Å². The summed E-state index contributed by atoms with van der Waals surface area (Å²) in [6.07, 6.45) is 6.32. The van der Waals surface area contributed by atoms with Crippen molar-refractivity contribution in [3.05, 3.63) is 66.7 Å². The van der Waals surface area contributed by atoms with Crippen molar-refractivity contribution in [2.75, 3.05) is 25.0 Å². The number of nitrogens with zero attached hydrogens (tertiary/aromatic N) is 1. The average molecular weight is 398 g/mol. The number of nitrogens with one attached hydrogen (secondary N) is 1. The summed E-state index contributed by atoms with van der Waals surface area (Å²) >= 11 is 0. The fourth-order valence-corrected chi connectivity index (χ4v) is 4.92. The highest BCUT2D eigenvalue weighted by molar-refractivity contribution is 6.17. The Hall–Kier alpha value is -2.62. The molecule has 0 aliphatic carbocycles. The maximum Gasteiger partial charge on any atom is 0.0572 e. The van der Waals surface area contributed by atoms with Crippen LogP contribution < -0.4 is 11.1 Å². The molecular formula is C27H31N3. The van der Waals surface area contributed by atoms with Gasteiger partial charge in [0.1, 0.15) is 0 Å². The Morgan fingerprint density at radius 1 is 0.767 bits per heavy atom. The second kappa shape index (κ2) is 8.63. The molecule has 3 heteroatoms. The molecule has 0 bridgehead atoms. The Kier molecular flexibility index (Phi) is 5.56. The Labute approximate surface area is 178 Å². The van der Waals surface area contributed by atoms with Crippen molar-refractivity contribution in [3.63, 3.8) is 0 Å². The molecule has 1 saturated heterocycles. The van der Waals surface area contributed by atoms with E-state index < -0.39 is 0 Å². The van der Waals surface area contributed by atoms with Crippen LogP contribution in [-0.4, -0.2) is 30.7 Å². The predicted molar refractivity (Wildman–Crippen MR) is 130 cm³/mol. The first-order valence-electron chi connectivity index (χ1n) is 11.4. The number of benzene rings is 4. The summed E-state index contributed by atoms with van der Waals surface area (Å²) in [4.78, 5) is 2.45. The van der Waals surface area contributed by atoms with E-state index in [9.17, 15) is 0 Å². The number of fused-ring (bicyclic) bond motifs is 5. The highest BCUT2D eigenvalue weighted by atomic mass is 15.2. The Balaban J connectivity index is 1.28. The van der Waals surface area contributed by atoms with Crippen molar-refractivity contribution in [2.24, 2.45) is 5.73 Å². The van der Waals surface area contributed by atoms with E-state index in [1.807, 2.05) is 0 Å². The number of likely N-dealkylation sites (tertiary alicyclic amines) is 1. The van der Waals surface area contributed by atoms with E-state index in [-0.39, 0.29) is 6.17 Å². The molecule has 1 unspecified atom stereocenters. The molecule has 1 aliphatic heterocycles. The van der Waals surface area contributed by atoms with Gasteiger partial charge in [-0.1, -0.05) is 61.0 Å². The van der Waals surface area contributed by atoms with Crippen molar-refractivity contribution in [3.8, 4) is 0 Å². The Morgan fingerprint density at radius 2 is 1.47 bits per heavy atom. The molecule has 0 amide bonds. The van der Waals surface area contributed by atoms with E-state index in [1.165, 1.54) is 70.4 Å². The zero-order chi connectivity index (χ0) is 20.3. The lowest BCUT2D eigenvalue weighted by Crippen LogP contribution is -2.44. The van der Waals surface area contributed by atoms with Gasteiger partial charge in [-0.2, -0.15) is 0 Å².